The lowest BCUT2D eigenvalue weighted by Gasteiger charge is -2.12. The van der Waals surface area contributed by atoms with Gasteiger partial charge in [-0.05, 0) is 37.1 Å². The summed E-state index contributed by atoms with van der Waals surface area (Å²) in [6.07, 6.45) is 2.54. The lowest BCUT2D eigenvalue weighted by molar-refractivity contribution is 0.472. The maximum Gasteiger partial charge on any atom is 0.131 e. The standard InChI is InChI=1S/C16H15Cl2NO/c17-12-7-13(18)9-15(8-12)20-16-4-2-1-3-11(16)10-19-14-5-6-14/h1-4,7-9,14,19H,5-6,10H2. The Balaban J connectivity index is 1.78. The maximum absolute atomic E-state index is 5.99. The Labute approximate surface area is 128 Å². The summed E-state index contributed by atoms with van der Waals surface area (Å²) in [5.41, 5.74) is 1.13. The summed E-state index contributed by atoms with van der Waals surface area (Å²) in [6, 6.07) is 13.9. The summed E-state index contributed by atoms with van der Waals surface area (Å²) in [5, 5.41) is 4.63. The highest BCUT2D eigenvalue weighted by Gasteiger charge is 2.20. The van der Waals surface area contributed by atoms with Gasteiger partial charge in [0.25, 0.3) is 0 Å². The highest BCUT2D eigenvalue weighted by atomic mass is 35.5. The summed E-state index contributed by atoms with van der Waals surface area (Å²) in [4.78, 5) is 0. The van der Waals surface area contributed by atoms with Crippen molar-refractivity contribution in [3.05, 3.63) is 58.1 Å². The van der Waals surface area contributed by atoms with Crippen LogP contribution in [0.25, 0.3) is 0 Å². The minimum Gasteiger partial charge on any atom is -0.457 e. The van der Waals surface area contributed by atoms with Crippen molar-refractivity contribution in [3.63, 3.8) is 0 Å². The molecule has 1 fully saturated rings. The van der Waals surface area contributed by atoms with E-state index in [1.54, 1.807) is 18.2 Å². The molecule has 1 saturated carbocycles. The van der Waals surface area contributed by atoms with Crippen LogP contribution >= 0.6 is 23.2 Å². The summed E-state index contributed by atoms with van der Waals surface area (Å²) in [7, 11) is 0. The van der Waals surface area contributed by atoms with Crippen LogP contribution in [0.15, 0.2) is 42.5 Å². The lowest BCUT2D eigenvalue weighted by Crippen LogP contribution is -2.15. The zero-order valence-corrected chi connectivity index (χ0v) is 12.4. The lowest BCUT2D eigenvalue weighted by atomic mass is 10.2. The van der Waals surface area contributed by atoms with Crippen molar-refractivity contribution < 1.29 is 4.74 Å². The van der Waals surface area contributed by atoms with Gasteiger partial charge in [-0.1, -0.05) is 41.4 Å². The van der Waals surface area contributed by atoms with Gasteiger partial charge in [-0.15, -0.1) is 0 Å². The quantitative estimate of drug-likeness (QED) is 0.835. The topological polar surface area (TPSA) is 21.3 Å². The molecule has 1 aliphatic carbocycles. The van der Waals surface area contributed by atoms with Crippen LogP contribution in [0.3, 0.4) is 0 Å². The van der Waals surface area contributed by atoms with Gasteiger partial charge in [0.05, 0.1) is 0 Å². The Hall–Kier alpha value is -1.22. The molecule has 3 rings (SSSR count). The van der Waals surface area contributed by atoms with Crippen LogP contribution in [0.4, 0.5) is 0 Å². The second kappa shape index (κ2) is 6.04. The number of hydrogen-bond acceptors (Lipinski definition) is 2. The van der Waals surface area contributed by atoms with Gasteiger partial charge in [0.15, 0.2) is 0 Å². The monoisotopic (exact) mass is 307 g/mol. The largest absolute Gasteiger partial charge is 0.457 e. The molecule has 0 unspecified atom stereocenters. The third-order valence-electron chi connectivity index (χ3n) is 3.20. The predicted molar refractivity (Wildman–Crippen MR) is 82.8 cm³/mol. The van der Waals surface area contributed by atoms with E-state index in [9.17, 15) is 0 Å². The van der Waals surface area contributed by atoms with Crippen LogP contribution < -0.4 is 10.1 Å². The van der Waals surface area contributed by atoms with Gasteiger partial charge in [0.2, 0.25) is 0 Å². The third-order valence-corrected chi connectivity index (χ3v) is 3.63. The van der Waals surface area contributed by atoms with Gasteiger partial charge in [0, 0.05) is 28.2 Å². The fraction of sp³-hybridized carbons (Fsp3) is 0.250. The van der Waals surface area contributed by atoms with Crippen molar-refractivity contribution >= 4 is 23.2 Å². The number of ether oxygens (including phenoxy) is 1. The van der Waals surface area contributed by atoms with E-state index >= 15 is 0 Å². The van der Waals surface area contributed by atoms with Gasteiger partial charge in [0.1, 0.15) is 11.5 Å². The van der Waals surface area contributed by atoms with E-state index < -0.39 is 0 Å². The molecule has 0 radical (unpaired) electrons. The molecular weight excluding hydrogens is 293 g/mol. The zero-order valence-electron chi connectivity index (χ0n) is 10.9. The molecule has 0 atom stereocenters. The van der Waals surface area contributed by atoms with Crippen molar-refractivity contribution in [2.75, 3.05) is 0 Å². The van der Waals surface area contributed by atoms with Gasteiger partial charge >= 0.3 is 0 Å². The summed E-state index contributed by atoms with van der Waals surface area (Å²) in [5.74, 6) is 1.49. The number of para-hydroxylation sites is 1. The average Bonchev–Trinajstić information content (AvgIpc) is 3.20. The molecule has 2 aromatic rings. The van der Waals surface area contributed by atoms with Crippen molar-refractivity contribution in [1.82, 2.24) is 5.32 Å². The van der Waals surface area contributed by atoms with Gasteiger partial charge in [-0.3, -0.25) is 0 Å². The van der Waals surface area contributed by atoms with Crippen LogP contribution in [0, 0.1) is 0 Å². The van der Waals surface area contributed by atoms with Crippen LogP contribution in [-0.2, 0) is 6.54 Å². The van der Waals surface area contributed by atoms with Crippen molar-refractivity contribution in [1.29, 1.82) is 0 Å². The summed E-state index contributed by atoms with van der Waals surface area (Å²) in [6.45, 7) is 0.815. The first-order chi connectivity index (χ1) is 9.70. The number of hydrogen-bond donors (Lipinski definition) is 1. The first-order valence-corrected chi connectivity index (χ1v) is 7.41. The molecule has 20 heavy (non-hydrogen) atoms. The molecule has 0 heterocycles. The molecule has 104 valence electrons. The number of halogens is 2. The fourth-order valence-corrected chi connectivity index (χ4v) is 2.51. The van der Waals surface area contributed by atoms with Crippen LogP contribution in [-0.4, -0.2) is 6.04 Å². The predicted octanol–water partition coefficient (Wildman–Crippen LogP) is 5.04. The van der Waals surface area contributed by atoms with E-state index in [1.165, 1.54) is 12.8 Å². The normalized spacial score (nSPS) is 14.3. The van der Waals surface area contributed by atoms with E-state index in [-0.39, 0.29) is 0 Å². The third kappa shape index (κ3) is 3.66. The number of benzene rings is 2. The molecule has 0 saturated heterocycles. The van der Waals surface area contributed by atoms with Gasteiger partial charge in [-0.2, -0.15) is 0 Å². The number of nitrogens with one attached hydrogen (secondary N) is 1. The molecular formula is C16H15Cl2NO. The van der Waals surface area contributed by atoms with E-state index in [1.807, 2.05) is 18.2 Å². The second-order valence-corrected chi connectivity index (χ2v) is 5.84. The van der Waals surface area contributed by atoms with Gasteiger partial charge in [-0.25, -0.2) is 0 Å². The van der Waals surface area contributed by atoms with E-state index in [0.717, 1.165) is 17.9 Å². The SMILES string of the molecule is Clc1cc(Cl)cc(Oc2ccccc2CNC2CC2)c1. The molecule has 0 amide bonds. The molecule has 1 aliphatic rings. The average molecular weight is 308 g/mol. The van der Waals surface area contributed by atoms with Crippen molar-refractivity contribution in [2.24, 2.45) is 0 Å². The molecule has 4 heteroatoms. The van der Waals surface area contributed by atoms with Crippen molar-refractivity contribution in [2.45, 2.75) is 25.4 Å². The highest BCUT2D eigenvalue weighted by Crippen LogP contribution is 2.30. The summed E-state index contributed by atoms with van der Waals surface area (Å²) < 4.78 is 5.91. The van der Waals surface area contributed by atoms with Crippen molar-refractivity contribution in [3.8, 4) is 11.5 Å². The molecule has 0 spiro atoms. The van der Waals surface area contributed by atoms with Crippen LogP contribution in [0.2, 0.25) is 10.0 Å². The fourth-order valence-electron chi connectivity index (χ4n) is 2.01. The molecule has 1 N–H and O–H groups in total. The molecule has 0 aromatic heterocycles. The van der Waals surface area contributed by atoms with Crippen LogP contribution in [0.5, 0.6) is 11.5 Å². The number of rotatable bonds is 5. The Morgan fingerprint density at radius 3 is 2.45 bits per heavy atom. The molecule has 0 aliphatic heterocycles. The minimum absolute atomic E-state index is 0.570. The Kier molecular flexibility index (Phi) is 4.16. The Morgan fingerprint density at radius 1 is 1.05 bits per heavy atom. The molecule has 0 bridgehead atoms. The Bertz CT molecular complexity index is 591. The highest BCUT2D eigenvalue weighted by molar-refractivity contribution is 6.34. The van der Waals surface area contributed by atoms with E-state index in [0.29, 0.717) is 21.8 Å². The maximum atomic E-state index is 5.99. The Morgan fingerprint density at radius 2 is 1.75 bits per heavy atom. The van der Waals surface area contributed by atoms with E-state index in [2.05, 4.69) is 11.4 Å². The second-order valence-electron chi connectivity index (χ2n) is 4.97. The first-order valence-electron chi connectivity index (χ1n) is 6.66. The molecule has 2 nitrogen and oxygen atoms in total. The first kappa shape index (κ1) is 13.7. The van der Waals surface area contributed by atoms with Crippen LogP contribution in [0.1, 0.15) is 18.4 Å². The van der Waals surface area contributed by atoms with Gasteiger partial charge < -0.3 is 10.1 Å². The zero-order chi connectivity index (χ0) is 13.9. The summed E-state index contributed by atoms with van der Waals surface area (Å²) >= 11 is 12.0. The van der Waals surface area contributed by atoms with E-state index in [4.69, 9.17) is 27.9 Å². The smallest absolute Gasteiger partial charge is 0.131 e. The molecule has 2 aromatic carbocycles. The minimum atomic E-state index is 0.570.